The zero-order valence-corrected chi connectivity index (χ0v) is 19.5. The van der Waals surface area contributed by atoms with Gasteiger partial charge in [0.05, 0.1) is 34.0 Å². The first-order valence-electron chi connectivity index (χ1n) is 11.7. The van der Waals surface area contributed by atoms with Crippen molar-refractivity contribution in [1.29, 1.82) is 0 Å². The Morgan fingerprint density at radius 3 is 2.62 bits per heavy atom. The number of fused-ring (bicyclic) bond motifs is 1. The predicted octanol–water partition coefficient (Wildman–Crippen LogP) is 3.75. The van der Waals surface area contributed by atoms with Crippen LogP contribution >= 0.6 is 0 Å². The highest BCUT2D eigenvalue weighted by Gasteiger charge is 2.19. The Bertz CT molecular complexity index is 867. The van der Waals surface area contributed by atoms with Crippen LogP contribution in [0.25, 0.3) is 0 Å². The Balaban J connectivity index is 1.36. The first-order chi connectivity index (χ1) is 15.8. The number of benzene rings is 2. The molecule has 2 heterocycles. The number of nitrogens with zero attached hydrogens (tertiary/aromatic N) is 2. The molecule has 4 rings (SSSR count). The van der Waals surface area contributed by atoms with E-state index in [-0.39, 0.29) is 0 Å². The molecule has 0 N–H and O–H groups in total. The summed E-state index contributed by atoms with van der Waals surface area (Å²) in [7, 11) is 3.40. The monoisotopic (exact) mass is 440 g/mol. The van der Waals surface area contributed by atoms with Gasteiger partial charge in [0, 0.05) is 44.4 Å². The Kier molecular flexibility index (Phi) is 8.26. The SMILES string of the molecule is COc1ccc(CN2CCCc3c(cccc3OCCCN3CCOCC3)C2)c(OC)c1. The minimum atomic E-state index is 0.764. The van der Waals surface area contributed by atoms with Crippen LogP contribution in [0, 0.1) is 0 Å². The van der Waals surface area contributed by atoms with E-state index in [1.54, 1.807) is 14.2 Å². The van der Waals surface area contributed by atoms with Crippen molar-refractivity contribution in [3.63, 3.8) is 0 Å². The summed E-state index contributed by atoms with van der Waals surface area (Å²) in [5.74, 6) is 2.77. The van der Waals surface area contributed by atoms with E-state index in [0.717, 1.165) is 95.6 Å². The zero-order chi connectivity index (χ0) is 22.2. The van der Waals surface area contributed by atoms with Gasteiger partial charge in [-0.3, -0.25) is 9.80 Å². The number of hydrogen-bond acceptors (Lipinski definition) is 6. The van der Waals surface area contributed by atoms with Crippen LogP contribution in [0.3, 0.4) is 0 Å². The van der Waals surface area contributed by atoms with Gasteiger partial charge in [0.25, 0.3) is 0 Å². The van der Waals surface area contributed by atoms with Crippen LogP contribution in [0.1, 0.15) is 29.5 Å². The van der Waals surface area contributed by atoms with Crippen LogP contribution in [-0.4, -0.2) is 70.0 Å². The number of methoxy groups -OCH3 is 2. The normalized spacial score (nSPS) is 17.4. The molecule has 0 radical (unpaired) electrons. The highest BCUT2D eigenvalue weighted by atomic mass is 16.5. The molecule has 2 aromatic rings. The quantitative estimate of drug-likeness (QED) is 0.554. The second-order valence-corrected chi connectivity index (χ2v) is 8.54. The molecule has 174 valence electrons. The van der Waals surface area contributed by atoms with E-state index in [1.165, 1.54) is 16.7 Å². The molecule has 2 aliphatic rings. The van der Waals surface area contributed by atoms with Gasteiger partial charge in [-0.15, -0.1) is 0 Å². The molecule has 0 unspecified atom stereocenters. The molecular formula is C26H36N2O4. The predicted molar refractivity (Wildman–Crippen MR) is 126 cm³/mol. The third-order valence-electron chi connectivity index (χ3n) is 6.39. The molecule has 2 aliphatic heterocycles. The number of morpholine rings is 1. The maximum Gasteiger partial charge on any atom is 0.127 e. The summed E-state index contributed by atoms with van der Waals surface area (Å²) < 4.78 is 22.6. The third-order valence-corrected chi connectivity index (χ3v) is 6.39. The smallest absolute Gasteiger partial charge is 0.127 e. The Morgan fingerprint density at radius 2 is 1.81 bits per heavy atom. The maximum absolute atomic E-state index is 6.26. The van der Waals surface area contributed by atoms with Crippen molar-refractivity contribution in [3.8, 4) is 17.2 Å². The first kappa shape index (κ1) is 22.9. The van der Waals surface area contributed by atoms with Crippen LogP contribution in [0.2, 0.25) is 0 Å². The molecule has 0 amide bonds. The molecular weight excluding hydrogens is 404 g/mol. The fraction of sp³-hybridized carbons (Fsp3) is 0.538. The molecule has 0 saturated carbocycles. The Labute approximate surface area is 192 Å². The summed E-state index contributed by atoms with van der Waals surface area (Å²) in [4.78, 5) is 4.96. The van der Waals surface area contributed by atoms with Gasteiger partial charge in [0.2, 0.25) is 0 Å². The molecule has 6 heteroatoms. The summed E-state index contributed by atoms with van der Waals surface area (Å²) in [6.07, 6.45) is 3.23. The van der Waals surface area contributed by atoms with Crippen LogP contribution in [0.4, 0.5) is 0 Å². The standard InChI is InChI=1S/C26H36N2O4/c1-29-23-10-9-22(26(18-23)30-2)20-28-11-4-7-24-21(19-28)6-3-8-25(24)32-15-5-12-27-13-16-31-17-14-27/h3,6,8-10,18H,4-5,7,11-17,19-20H2,1-2H3. The van der Waals surface area contributed by atoms with E-state index in [2.05, 4.69) is 34.1 Å². The van der Waals surface area contributed by atoms with Crippen molar-refractivity contribution in [2.75, 3.05) is 60.2 Å². The fourth-order valence-corrected chi connectivity index (χ4v) is 4.63. The molecule has 0 aromatic heterocycles. The third kappa shape index (κ3) is 5.94. The molecule has 0 spiro atoms. The van der Waals surface area contributed by atoms with Crippen molar-refractivity contribution < 1.29 is 18.9 Å². The van der Waals surface area contributed by atoms with E-state index in [4.69, 9.17) is 18.9 Å². The summed E-state index contributed by atoms with van der Waals surface area (Å²) in [5.41, 5.74) is 3.94. The Hall–Kier alpha value is -2.28. The second kappa shape index (κ2) is 11.5. The highest BCUT2D eigenvalue weighted by molar-refractivity contribution is 5.42. The van der Waals surface area contributed by atoms with E-state index in [0.29, 0.717) is 0 Å². The van der Waals surface area contributed by atoms with Gasteiger partial charge in [0.15, 0.2) is 0 Å². The van der Waals surface area contributed by atoms with Crippen LogP contribution in [-0.2, 0) is 24.2 Å². The van der Waals surface area contributed by atoms with Gasteiger partial charge in [-0.25, -0.2) is 0 Å². The molecule has 1 fully saturated rings. The van der Waals surface area contributed by atoms with Crippen molar-refractivity contribution in [2.24, 2.45) is 0 Å². The van der Waals surface area contributed by atoms with Crippen LogP contribution in [0.15, 0.2) is 36.4 Å². The number of rotatable bonds is 9. The zero-order valence-electron chi connectivity index (χ0n) is 19.5. The van der Waals surface area contributed by atoms with E-state index >= 15 is 0 Å². The lowest BCUT2D eigenvalue weighted by Crippen LogP contribution is -2.37. The number of ether oxygens (including phenoxy) is 4. The molecule has 0 aliphatic carbocycles. The largest absolute Gasteiger partial charge is 0.497 e. The minimum absolute atomic E-state index is 0.764. The van der Waals surface area contributed by atoms with E-state index in [9.17, 15) is 0 Å². The van der Waals surface area contributed by atoms with Gasteiger partial charge in [-0.2, -0.15) is 0 Å². The van der Waals surface area contributed by atoms with E-state index < -0.39 is 0 Å². The van der Waals surface area contributed by atoms with E-state index in [1.807, 2.05) is 12.1 Å². The average Bonchev–Trinajstić information content (AvgIpc) is 3.05. The average molecular weight is 441 g/mol. The molecule has 32 heavy (non-hydrogen) atoms. The van der Waals surface area contributed by atoms with Gasteiger partial charge in [-0.05, 0) is 49.1 Å². The summed E-state index contributed by atoms with van der Waals surface area (Å²) >= 11 is 0. The molecule has 0 atom stereocenters. The molecule has 6 nitrogen and oxygen atoms in total. The van der Waals surface area contributed by atoms with Gasteiger partial charge in [0.1, 0.15) is 17.2 Å². The van der Waals surface area contributed by atoms with Crippen molar-refractivity contribution >= 4 is 0 Å². The van der Waals surface area contributed by atoms with Crippen molar-refractivity contribution in [2.45, 2.75) is 32.4 Å². The molecule has 2 aromatic carbocycles. The summed E-state index contributed by atoms with van der Waals surface area (Å²) in [6.45, 7) is 8.46. The van der Waals surface area contributed by atoms with Crippen molar-refractivity contribution in [1.82, 2.24) is 9.80 Å². The lowest BCUT2D eigenvalue weighted by Gasteiger charge is -2.26. The van der Waals surface area contributed by atoms with Gasteiger partial charge < -0.3 is 18.9 Å². The second-order valence-electron chi connectivity index (χ2n) is 8.54. The highest BCUT2D eigenvalue weighted by Crippen LogP contribution is 2.30. The maximum atomic E-state index is 6.26. The van der Waals surface area contributed by atoms with Crippen molar-refractivity contribution in [3.05, 3.63) is 53.1 Å². The first-order valence-corrected chi connectivity index (χ1v) is 11.7. The topological polar surface area (TPSA) is 43.4 Å². The van der Waals surface area contributed by atoms with Gasteiger partial charge >= 0.3 is 0 Å². The number of hydrogen-bond donors (Lipinski definition) is 0. The Morgan fingerprint density at radius 1 is 0.938 bits per heavy atom. The van der Waals surface area contributed by atoms with Crippen LogP contribution < -0.4 is 14.2 Å². The lowest BCUT2D eigenvalue weighted by molar-refractivity contribution is 0.0358. The van der Waals surface area contributed by atoms with Gasteiger partial charge in [-0.1, -0.05) is 18.2 Å². The minimum Gasteiger partial charge on any atom is -0.497 e. The summed E-state index contributed by atoms with van der Waals surface area (Å²) in [5, 5.41) is 0. The lowest BCUT2D eigenvalue weighted by atomic mass is 10.0. The van der Waals surface area contributed by atoms with Crippen LogP contribution in [0.5, 0.6) is 17.2 Å². The fourth-order valence-electron chi connectivity index (χ4n) is 4.63. The molecule has 0 bridgehead atoms. The summed E-state index contributed by atoms with van der Waals surface area (Å²) in [6, 6.07) is 12.6. The molecule has 1 saturated heterocycles.